The molecule has 0 bridgehead atoms. The number of carbonyl (C=O) groups excluding carboxylic acids is 5. The number of hydrogen-bond donors (Lipinski definition) is 0. The van der Waals surface area contributed by atoms with Crippen molar-refractivity contribution in [3.05, 3.63) is 116 Å². The first-order valence-electron chi connectivity index (χ1n) is 15.3. The molecular weight excluding hydrogens is 652 g/mol. The van der Waals surface area contributed by atoms with Crippen molar-refractivity contribution in [2.75, 3.05) is 14.2 Å². The summed E-state index contributed by atoms with van der Waals surface area (Å²) in [5.41, 5.74) is 3.42. The lowest BCUT2D eigenvalue weighted by Crippen LogP contribution is -2.13. The van der Waals surface area contributed by atoms with Gasteiger partial charge in [0.1, 0.15) is 18.8 Å². The van der Waals surface area contributed by atoms with Crippen LogP contribution in [-0.2, 0) is 24.0 Å². The standard InChI is InChI=1S/C31H28O8.C4H6O.C3H6.C2H6.CH2O/c1-8-29(32)37-26-15-20(21-10-13-24(35-6)27(16-21)36-7)9-12-23(26)22-11-14-25(38-30(33)18(2)3)28(17-22)39-31(34)19(4)5;1-4(2)3-5;1-3-2;2*1-2/h8-17H,1-2,4H2,3,5-7H3;3H,1H2,2H3;3H,1H2,2H3;1-2H3;1H2. The fourth-order valence-corrected chi connectivity index (χ4v) is 3.40. The average Bonchev–Trinajstić information content (AvgIpc) is 3.13. The molecule has 0 N–H and O–H groups in total. The summed E-state index contributed by atoms with van der Waals surface area (Å²) in [6, 6.07) is 15.3. The summed E-state index contributed by atoms with van der Waals surface area (Å²) < 4.78 is 27.1. The molecule has 0 aliphatic heterocycles. The molecule has 10 heteroatoms. The first-order valence-corrected chi connectivity index (χ1v) is 15.3. The van der Waals surface area contributed by atoms with Crippen LogP contribution in [0.1, 0.15) is 41.5 Å². The van der Waals surface area contributed by atoms with Crippen molar-refractivity contribution in [2.45, 2.75) is 41.5 Å². The summed E-state index contributed by atoms with van der Waals surface area (Å²) in [5, 5.41) is 0. The Morgan fingerprint density at radius 3 is 1.43 bits per heavy atom. The number of methoxy groups -OCH3 is 2. The highest BCUT2D eigenvalue weighted by Crippen LogP contribution is 2.40. The summed E-state index contributed by atoms with van der Waals surface area (Å²) in [6.45, 7) is 29.8. The molecule has 3 aromatic carbocycles. The van der Waals surface area contributed by atoms with Gasteiger partial charge in [0.2, 0.25) is 0 Å². The van der Waals surface area contributed by atoms with E-state index < -0.39 is 17.9 Å². The molecule has 272 valence electrons. The smallest absolute Gasteiger partial charge is 0.338 e. The maximum absolute atomic E-state index is 12.3. The Kier molecular flexibility index (Phi) is 23.6. The number of esters is 3. The molecule has 0 radical (unpaired) electrons. The normalized spacial score (nSPS) is 8.86. The van der Waals surface area contributed by atoms with Gasteiger partial charge in [0.15, 0.2) is 23.0 Å². The van der Waals surface area contributed by atoms with E-state index in [1.165, 1.54) is 33.1 Å². The quantitative estimate of drug-likeness (QED) is 0.0628. The number of allylic oxidation sites excluding steroid dienone is 2. The minimum Gasteiger partial charge on any atom is -0.493 e. The van der Waals surface area contributed by atoms with E-state index in [9.17, 15) is 19.2 Å². The number of rotatable bonds is 11. The highest BCUT2D eigenvalue weighted by molar-refractivity contribution is 5.92. The molecule has 3 aromatic rings. The SMILES string of the molecule is C=C(C)C=O.C=CC.C=CC(=O)Oc1cc(-c2ccc(OC)c(OC)c2)ccc1-c1ccc(OC(=O)C(=C)C)c(OC(=O)C(=C)C)c1.C=O.CC. The third-order valence-electron chi connectivity index (χ3n) is 5.63. The summed E-state index contributed by atoms with van der Waals surface area (Å²) >= 11 is 0. The third kappa shape index (κ3) is 16.1. The second-order valence-electron chi connectivity index (χ2n) is 9.78. The summed E-state index contributed by atoms with van der Waals surface area (Å²) in [6.07, 6.45) is 3.52. The van der Waals surface area contributed by atoms with Crippen molar-refractivity contribution >= 4 is 31.0 Å². The Morgan fingerprint density at radius 2 is 1.00 bits per heavy atom. The maximum atomic E-state index is 12.3. The number of hydrogen-bond acceptors (Lipinski definition) is 10. The monoisotopic (exact) mass is 700 g/mol. The fourth-order valence-electron chi connectivity index (χ4n) is 3.40. The zero-order valence-corrected chi connectivity index (χ0v) is 30.8. The zero-order chi connectivity index (χ0) is 39.7. The molecule has 0 spiro atoms. The van der Waals surface area contributed by atoms with Gasteiger partial charge in [0.25, 0.3) is 0 Å². The van der Waals surface area contributed by atoms with Crippen molar-refractivity contribution in [1.29, 1.82) is 0 Å². The highest BCUT2D eigenvalue weighted by atomic mass is 16.6. The second-order valence-corrected chi connectivity index (χ2v) is 9.78. The van der Waals surface area contributed by atoms with Gasteiger partial charge in [-0.3, -0.25) is 4.79 Å². The van der Waals surface area contributed by atoms with Crippen molar-refractivity contribution in [2.24, 2.45) is 0 Å². The third-order valence-corrected chi connectivity index (χ3v) is 5.63. The Morgan fingerprint density at radius 1 is 0.608 bits per heavy atom. The lowest BCUT2D eigenvalue weighted by molar-refractivity contribution is -0.132. The van der Waals surface area contributed by atoms with Crippen LogP contribution in [0.5, 0.6) is 28.7 Å². The van der Waals surface area contributed by atoms with Gasteiger partial charge in [0, 0.05) is 22.8 Å². The minimum absolute atomic E-state index is 0.00735. The molecule has 0 aromatic heterocycles. The molecular formula is C41H48O10. The van der Waals surface area contributed by atoms with Gasteiger partial charge in [-0.25, -0.2) is 14.4 Å². The van der Waals surface area contributed by atoms with Crippen LogP contribution < -0.4 is 23.7 Å². The predicted molar refractivity (Wildman–Crippen MR) is 202 cm³/mol. The van der Waals surface area contributed by atoms with Gasteiger partial charge in [0.05, 0.1) is 14.2 Å². The van der Waals surface area contributed by atoms with Crippen LogP contribution in [0.4, 0.5) is 0 Å². The lowest BCUT2D eigenvalue weighted by Gasteiger charge is -2.15. The molecule has 0 amide bonds. The van der Waals surface area contributed by atoms with E-state index in [-0.39, 0.29) is 28.4 Å². The zero-order valence-electron chi connectivity index (χ0n) is 30.8. The Balaban J connectivity index is 0. The van der Waals surface area contributed by atoms with Crippen molar-refractivity contribution in [3.63, 3.8) is 0 Å². The Bertz CT molecular complexity index is 1700. The number of ether oxygens (including phenoxy) is 5. The van der Waals surface area contributed by atoms with Gasteiger partial charge in [-0.15, -0.1) is 6.58 Å². The molecule has 10 nitrogen and oxygen atoms in total. The van der Waals surface area contributed by atoms with Gasteiger partial charge < -0.3 is 28.5 Å². The molecule has 0 atom stereocenters. The van der Waals surface area contributed by atoms with E-state index in [2.05, 4.69) is 32.9 Å². The summed E-state index contributed by atoms with van der Waals surface area (Å²) in [7, 11) is 3.09. The number of aldehydes is 1. The summed E-state index contributed by atoms with van der Waals surface area (Å²) in [4.78, 5) is 54.1. The Hall–Kier alpha value is -6.29. The number of benzene rings is 3. The number of carbonyl (C=O) groups is 5. The minimum atomic E-state index is -0.707. The van der Waals surface area contributed by atoms with Crippen LogP contribution in [0, 0.1) is 0 Å². The lowest BCUT2D eigenvalue weighted by atomic mass is 9.98. The van der Waals surface area contributed by atoms with E-state index in [0.717, 1.165) is 23.5 Å². The van der Waals surface area contributed by atoms with Crippen molar-refractivity contribution < 1.29 is 47.7 Å². The average molecular weight is 701 g/mol. The predicted octanol–water partition coefficient (Wildman–Crippen LogP) is 8.89. The molecule has 0 fully saturated rings. The van der Waals surface area contributed by atoms with E-state index >= 15 is 0 Å². The van der Waals surface area contributed by atoms with Gasteiger partial charge in [-0.2, -0.15) is 0 Å². The molecule has 0 aliphatic carbocycles. The van der Waals surface area contributed by atoms with Crippen LogP contribution in [0.25, 0.3) is 22.3 Å². The van der Waals surface area contributed by atoms with Crippen LogP contribution in [0.2, 0.25) is 0 Å². The summed E-state index contributed by atoms with van der Waals surface area (Å²) in [5.74, 6) is -0.754. The van der Waals surface area contributed by atoms with E-state index in [0.29, 0.717) is 28.2 Å². The van der Waals surface area contributed by atoms with Crippen LogP contribution >= 0.6 is 0 Å². The van der Waals surface area contributed by atoms with Crippen LogP contribution in [0.15, 0.2) is 116 Å². The van der Waals surface area contributed by atoms with Crippen molar-refractivity contribution in [3.8, 4) is 51.0 Å². The molecule has 0 unspecified atom stereocenters. The second kappa shape index (κ2) is 25.7. The largest absolute Gasteiger partial charge is 0.493 e. The molecule has 0 saturated carbocycles. The van der Waals surface area contributed by atoms with Crippen LogP contribution in [-0.4, -0.2) is 45.2 Å². The van der Waals surface area contributed by atoms with E-state index in [1.54, 1.807) is 50.4 Å². The van der Waals surface area contributed by atoms with Crippen LogP contribution in [0.3, 0.4) is 0 Å². The van der Waals surface area contributed by atoms with Gasteiger partial charge >= 0.3 is 17.9 Å². The molecule has 0 aliphatic rings. The van der Waals surface area contributed by atoms with Gasteiger partial charge in [-0.1, -0.05) is 70.5 Å². The van der Waals surface area contributed by atoms with Gasteiger partial charge in [-0.05, 0) is 80.3 Å². The maximum Gasteiger partial charge on any atom is 0.338 e. The van der Waals surface area contributed by atoms with E-state index in [1.807, 2.05) is 39.7 Å². The first kappa shape index (κ1) is 46.8. The van der Waals surface area contributed by atoms with E-state index in [4.69, 9.17) is 28.5 Å². The highest BCUT2D eigenvalue weighted by Gasteiger charge is 2.19. The molecule has 0 heterocycles. The molecule has 0 saturated heterocycles. The molecule has 51 heavy (non-hydrogen) atoms. The Labute approximate surface area is 301 Å². The molecule has 3 rings (SSSR count). The first-order chi connectivity index (χ1) is 24.3. The topological polar surface area (TPSA) is 132 Å². The van der Waals surface area contributed by atoms with Crippen molar-refractivity contribution in [1.82, 2.24) is 0 Å². The fraction of sp³-hybridized carbons (Fsp3) is 0.195.